The molecule has 1 unspecified atom stereocenters. The van der Waals surface area contributed by atoms with E-state index in [1.165, 1.54) is 17.4 Å². The van der Waals surface area contributed by atoms with Gasteiger partial charge in [0, 0.05) is 24.0 Å². The van der Waals surface area contributed by atoms with Gasteiger partial charge in [0.25, 0.3) is 0 Å². The number of rotatable bonds is 6. The predicted octanol–water partition coefficient (Wildman–Crippen LogP) is 4.91. The number of hydrogen-bond acceptors (Lipinski definition) is 6. The average Bonchev–Trinajstić information content (AvgIpc) is 3.36. The molecule has 2 amide bonds. The standard InChI is InChI=1S/C22H25N3O3S2/c1-14(2)25(3)22(27)28-12-16-4-6-17-18(11-23)21(30-19(17)10-16)24-20(26)7-5-15-8-9-29-13-15/h5,7-9,13-14,16H,4,6,10,12H2,1-3H3,(H,24,26). The van der Waals surface area contributed by atoms with Gasteiger partial charge in [0.05, 0.1) is 12.2 Å². The molecule has 3 rings (SSSR count). The number of hydrogen-bond donors (Lipinski definition) is 1. The van der Waals surface area contributed by atoms with Crippen LogP contribution in [0, 0.1) is 17.2 Å². The molecule has 0 aliphatic heterocycles. The molecular formula is C22H25N3O3S2. The van der Waals surface area contributed by atoms with Gasteiger partial charge < -0.3 is 15.0 Å². The van der Waals surface area contributed by atoms with Crippen LogP contribution in [0.15, 0.2) is 22.9 Å². The van der Waals surface area contributed by atoms with Crippen LogP contribution in [0.4, 0.5) is 9.80 Å². The minimum Gasteiger partial charge on any atom is -0.449 e. The predicted molar refractivity (Wildman–Crippen MR) is 121 cm³/mol. The lowest BCUT2D eigenvalue weighted by Crippen LogP contribution is -2.35. The Hall–Kier alpha value is -2.63. The molecule has 1 aliphatic carbocycles. The Bertz CT molecular complexity index is 971. The Morgan fingerprint density at radius 3 is 2.93 bits per heavy atom. The maximum atomic E-state index is 12.3. The maximum absolute atomic E-state index is 12.3. The molecular weight excluding hydrogens is 418 g/mol. The zero-order valence-corrected chi connectivity index (χ0v) is 18.9. The van der Waals surface area contributed by atoms with Gasteiger partial charge in [0.15, 0.2) is 0 Å². The summed E-state index contributed by atoms with van der Waals surface area (Å²) in [4.78, 5) is 27.0. The molecule has 6 nitrogen and oxygen atoms in total. The number of carbonyl (C=O) groups excluding carboxylic acids is 2. The largest absolute Gasteiger partial charge is 0.449 e. The van der Waals surface area contributed by atoms with Crippen LogP contribution in [0.2, 0.25) is 0 Å². The number of ether oxygens (including phenoxy) is 1. The molecule has 2 aromatic heterocycles. The van der Waals surface area contributed by atoms with Crippen LogP contribution < -0.4 is 5.32 Å². The number of fused-ring (bicyclic) bond motifs is 1. The highest BCUT2D eigenvalue weighted by atomic mass is 32.1. The van der Waals surface area contributed by atoms with E-state index in [1.807, 2.05) is 30.7 Å². The fourth-order valence-corrected chi connectivity index (χ4v) is 5.14. The molecule has 8 heteroatoms. The van der Waals surface area contributed by atoms with Crippen molar-refractivity contribution in [3.8, 4) is 6.07 Å². The molecule has 1 atom stereocenters. The molecule has 30 heavy (non-hydrogen) atoms. The highest BCUT2D eigenvalue weighted by Gasteiger charge is 2.27. The number of nitriles is 1. The first kappa shape index (κ1) is 22.1. The molecule has 0 aromatic carbocycles. The maximum Gasteiger partial charge on any atom is 0.409 e. The van der Waals surface area contributed by atoms with Gasteiger partial charge in [-0.05, 0) is 73.1 Å². The van der Waals surface area contributed by atoms with Gasteiger partial charge in [-0.15, -0.1) is 11.3 Å². The first-order chi connectivity index (χ1) is 14.4. The van der Waals surface area contributed by atoms with Crippen molar-refractivity contribution in [2.24, 2.45) is 5.92 Å². The molecule has 0 bridgehead atoms. The zero-order chi connectivity index (χ0) is 21.7. The van der Waals surface area contributed by atoms with Crippen molar-refractivity contribution < 1.29 is 14.3 Å². The second kappa shape index (κ2) is 9.92. The topological polar surface area (TPSA) is 82.4 Å². The molecule has 1 N–H and O–H groups in total. The molecule has 2 heterocycles. The van der Waals surface area contributed by atoms with E-state index in [4.69, 9.17) is 4.74 Å². The third kappa shape index (κ3) is 5.29. The summed E-state index contributed by atoms with van der Waals surface area (Å²) in [6.45, 7) is 4.24. The van der Waals surface area contributed by atoms with E-state index in [0.717, 1.165) is 35.3 Å². The average molecular weight is 444 g/mol. The van der Waals surface area contributed by atoms with E-state index >= 15 is 0 Å². The van der Waals surface area contributed by atoms with Crippen LogP contribution in [-0.4, -0.2) is 36.6 Å². The lowest BCUT2D eigenvalue weighted by molar-refractivity contribution is -0.111. The summed E-state index contributed by atoms with van der Waals surface area (Å²) in [7, 11) is 1.73. The van der Waals surface area contributed by atoms with Crippen LogP contribution in [0.1, 0.15) is 41.8 Å². The Labute approximate surface area is 184 Å². The van der Waals surface area contributed by atoms with Gasteiger partial charge in [-0.3, -0.25) is 4.79 Å². The number of anilines is 1. The fraction of sp³-hybridized carbons (Fsp3) is 0.409. The second-order valence-electron chi connectivity index (χ2n) is 7.59. The smallest absolute Gasteiger partial charge is 0.409 e. The number of nitrogens with zero attached hydrogens (tertiary/aromatic N) is 2. The summed E-state index contributed by atoms with van der Waals surface area (Å²) in [5, 5.41) is 17.0. The van der Waals surface area contributed by atoms with Crippen molar-refractivity contribution in [1.29, 1.82) is 5.26 Å². The van der Waals surface area contributed by atoms with Crippen LogP contribution in [0.5, 0.6) is 0 Å². The zero-order valence-electron chi connectivity index (χ0n) is 17.3. The SMILES string of the molecule is CC(C)N(C)C(=O)OCC1CCc2c(sc(NC(=O)C=Cc3ccsc3)c2C#N)C1. The summed E-state index contributed by atoms with van der Waals surface area (Å²) in [6, 6.07) is 4.28. The second-order valence-corrected chi connectivity index (χ2v) is 9.47. The van der Waals surface area contributed by atoms with Crippen molar-refractivity contribution in [2.45, 2.75) is 39.2 Å². The summed E-state index contributed by atoms with van der Waals surface area (Å²) < 4.78 is 5.46. The summed E-state index contributed by atoms with van der Waals surface area (Å²) >= 11 is 3.02. The minimum absolute atomic E-state index is 0.0888. The van der Waals surface area contributed by atoms with E-state index in [0.29, 0.717) is 17.2 Å². The molecule has 0 saturated carbocycles. The summed E-state index contributed by atoms with van der Waals surface area (Å²) in [6.07, 6.45) is 5.26. The van der Waals surface area contributed by atoms with E-state index < -0.39 is 0 Å². The lowest BCUT2D eigenvalue weighted by atomic mass is 9.88. The van der Waals surface area contributed by atoms with Crippen LogP contribution in [-0.2, 0) is 22.4 Å². The van der Waals surface area contributed by atoms with Gasteiger partial charge in [-0.1, -0.05) is 0 Å². The van der Waals surface area contributed by atoms with Gasteiger partial charge in [0.2, 0.25) is 5.91 Å². The third-order valence-corrected chi connectivity index (χ3v) is 7.06. The van der Waals surface area contributed by atoms with E-state index in [1.54, 1.807) is 29.4 Å². The molecule has 0 radical (unpaired) electrons. The molecule has 2 aromatic rings. The number of carbonyl (C=O) groups is 2. The van der Waals surface area contributed by atoms with Gasteiger partial charge in [0.1, 0.15) is 11.1 Å². The summed E-state index contributed by atoms with van der Waals surface area (Å²) in [5.41, 5.74) is 2.55. The summed E-state index contributed by atoms with van der Waals surface area (Å²) in [5.74, 6) is -0.0345. The van der Waals surface area contributed by atoms with Crippen molar-refractivity contribution in [3.05, 3.63) is 44.5 Å². The molecule has 158 valence electrons. The third-order valence-electron chi connectivity index (χ3n) is 5.19. The highest BCUT2D eigenvalue weighted by molar-refractivity contribution is 7.16. The first-order valence-corrected chi connectivity index (χ1v) is 11.6. The molecule has 0 saturated heterocycles. The van der Waals surface area contributed by atoms with Crippen LogP contribution >= 0.6 is 22.7 Å². The Morgan fingerprint density at radius 2 is 2.27 bits per heavy atom. The number of thiophene rings is 2. The van der Waals surface area contributed by atoms with E-state index in [9.17, 15) is 14.9 Å². The van der Waals surface area contributed by atoms with Gasteiger partial charge in [-0.2, -0.15) is 16.6 Å². The van der Waals surface area contributed by atoms with Crippen molar-refractivity contribution >= 4 is 45.8 Å². The molecule has 0 spiro atoms. The molecule has 0 fully saturated rings. The number of nitrogens with one attached hydrogen (secondary N) is 1. The Morgan fingerprint density at radius 1 is 1.47 bits per heavy atom. The number of amides is 2. The van der Waals surface area contributed by atoms with E-state index in [-0.39, 0.29) is 24.0 Å². The highest BCUT2D eigenvalue weighted by Crippen LogP contribution is 2.39. The first-order valence-electron chi connectivity index (χ1n) is 9.84. The van der Waals surface area contributed by atoms with Crippen LogP contribution in [0.25, 0.3) is 6.08 Å². The Balaban J connectivity index is 1.63. The van der Waals surface area contributed by atoms with Gasteiger partial charge >= 0.3 is 6.09 Å². The van der Waals surface area contributed by atoms with Gasteiger partial charge in [-0.25, -0.2) is 4.79 Å². The van der Waals surface area contributed by atoms with E-state index in [2.05, 4.69) is 11.4 Å². The normalized spacial score (nSPS) is 15.6. The van der Waals surface area contributed by atoms with Crippen molar-refractivity contribution in [3.63, 3.8) is 0 Å². The minimum atomic E-state index is -0.315. The quantitative estimate of drug-likeness (QED) is 0.643. The monoisotopic (exact) mass is 443 g/mol. The fourth-order valence-electron chi connectivity index (χ4n) is 3.20. The van der Waals surface area contributed by atoms with Crippen molar-refractivity contribution in [1.82, 2.24) is 4.90 Å². The van der Waals surface area contributed by atoms with Crippen LogP contribution in [0.3, 0.4) is 0 Å². The van der Waals surface area contributed by atoms with Crippen molar-refractivity contribution in [2.75, 3.05) is 19.0 Å². The Kier molecular flexibility index (Phi) is 7.29. The molecule has 1 aliphatic rings. The lowest BCUT2D eigenvalue weighted by Gasteiger charge is -2.25.